The van der Waals surface area contributed by atoms with Crippen LogP contribution in [0.15, 0.2) is 0 Å². The topological polar surface area (TPSA) is 115 Å². The first kappa shape index (κ1) is 25.5. The Labute approximate surface area is 206 Å². The van der Waals surface area contributed by atoms with Crippen LogP contribution < -0.4 is 10.6 Å². The number of carbonyl (C=O) groups is 2. The van der Waals surface area contributed by atoms with Gasteiger partial charge in [-0.25, -0.2) is 4.98 Å². The molecule has 2 amide bonds. The number of anilines is 1. The molecule has 0 aromatic carbocycles. The second-order valence-corrected chi connectivity index (χ2v) is 12.4. The van der Waals surface area contributed by atoms with Crippen LogP contribution in [0.4, 0.5) is 5.13 Å². The van der Waals surface area contributed by atoms with Gasteiger partial charge < -0.3 is 25.7 Å². The number of aliphatic hydroxyl groups excluding tert-OH is 2. The van der Waals surface area contributed by atoms with Gasteiger partial charge in [-0.3, -0.25) is 9.59 Å². The number of aromatic nitrogens is 1. The minimum Gasteiger partial charge on any atom is -0.396 e. The van der Waals surface area contributed by atoms with Gasteiger partial charge in [-0.15, -0.1) is 11.3 Å². The number of rotatable bonds is 8. The number of aliphatic hydroxyl groups is 2. The van der Waals surface area contributed by atoms with Gasteiger partial charge in [0.2, 0.25) is 11.8 Å². The number of likely N-dealkylation sites (N-methyl/N-ethyl adjacent to an activating group) is 1. The number of carbonyl (C=O) groups excluding carboxylic acids is 2. The summed E-state index contributed by atoms with van der Waals surface area (Å²) >= 11 is 1.49. The molecule has 3 aliphatic rings. The van der Waals surface area contributed by atoms with Crippen molar-refractivity contribution in [3.63, 3.8) is 0 Å². The van der Waals surface area contributed by atoms with E-state index in [-0.39, 0.29) is 41.6 Å². The van der Waals surface area contributed by atoms with Crippen LogP contribution in [0.1, 0.15) is 68.9 Å². The third kappa shape index (κ3) is 4.64. The van der Waals surface area contributed by atoms with Crippen molar-refractivity contribution in [1.82, 2.24) is 15.2 Å². The third-order valence-corrected chi connectivity index (χ3v) is 9.88. The van der Waals surface area contributed by atoms with Crippen LogP contribution in [0.2, 0.25) is 0 Å². The molecule has 2 fully saturated rings. The van der Waals surface area contributed by atoms with E-state index in [0.29, 0.717) is 30.9 Å². The normalized spacial score (nSPS) is 33.1. The van der Waals surface area contributed by atoms with Gasteiger partial charge in [0.1, 0.15) is 0 Å². The van der Waals surface area contributed by atoms with Gasteiger partial charge in [0.05, 0.1) is 18.4 Å². The fourth-order valence-corrected chi connectivity index (χ4v) is 7.33. The lowest BCUT2D eigenvalue weighted by atomic mass is 9.47. The van der Waals surface area contributed by atoms with E-state index in [4.69, 9.17) is 4.98 Å². The van der Waals surface area contributed by atoms with Crippen LogP contribution in [0.5, 0.6) is 0 Å². The Bertz CT molecular complexity index is 917. The average molecular weight is 493 g/mol. The number of hydrogen-bond donors (Lipinski definition) is 4. The van der Waals surface area contributed by atoms with Crippen LogP contribution in [-0.4, -0.2) is 71.8 Å². The molecule has 0 spiro atoms. The van der Waals surface area contributed by atoms with Crippen molar-refractivity contribution in [2.45, 2.75) is 70.8 Å². The van der Waals surface area contributed by atoms with Gasteiger partial charge in [-0.1, -0.05) is 20.3 Å². The van der Waals surface area contributed by atoms with Gasteiger partial charge in [0.25, 0.3) is 0 Å². The van der Waals surface area contributed by atoms with Gasteiger partial charge in [-0.2, -0.15) is 0 Å². The minimum atomic E-state index is -0.649. The molecule has 0 saturated heterocycles. The molecule has 4 rings (SSSR count). The Morgan fingerprint density at radius 2 is 1.97 bits per heavy atom. The molecule has 1 aromatic heterocycles. The summed E-state index contributed by atoms with van der Waals surface area (Å²) in [5.41, 5.74) is -0.0256. The van der Waals surface area contributed by atoms with Crippen LogP contribution in [0.25, 0.3) is 0 Å². The molecule has 2 saturated carbocycles. The fraction of sp³-hybridized carbons (Fsp3) is 0.800. The molecular formula is C25H40N4O4S. The molecule has 5 atom stereocenters. The standard InChI is InChI=1S/C25H40N4O4S/c1-24-9-8-19(31)25(2,14-30)18(24)13-17-21(16(24)12-20(32)26-10-11-29(3)4)27-23(34-17)28-22(33)15-6-5-7-15/h15-16,18-19,30-31H,5-14H2,1-4H3,(H,26,32)(H,27,28,33). The molecule has 0 bridgehead atoms. The summed E-state index contributed by atoms with van der Waals surface area (Å²) in [6.07, 6.45) is 4.73. The van der Waals surface area contributed by atoms with E-state index in [1.54, 1.807) is 0 Å². The molecule has 1 aromatic rings. The van der Waals surface area contributed by atoms with E-state index in [1.165, 1.54) is 11.3 Å². The predicted molar refractivity (Wildman–Crippen MR) is 133 cm³/mol. The monoisotopic (exact) mass is 492 g/mol. The van der Waals surface area contributed by atoms with Crippen LogP contribution in [0.3, 0.4) is 0 Å². The first-order valence-corrected chi connectivity index (χ1v) is 13.4. The first-order chi connectivity index (χ1) is 16.1. The summed E-state index contributed by atoms with van der Waals surface area (Å²) in [7, 11) is 3.95. The summed E-state index contributed by atoms with van der Waals surface area (Å²) in [6, 6.07) is 0. The maximum atomic E-state index is 13.0. The van der Waals surface area contributed by atoms with E-state index >= 15 is 0 Å². The summed E-state index contributed by atoms with van der Waals surface area (Å²) in [5.74, 6) is -0.0210. The highest BCUT2D eigenvalue weighted by Gasteiger charge is 2.59. The van der Waals surface area contributed by atoms with E-state index < -0.39 is 11.5 Å². The van der Waals surface area contributed by atoms with E-state index in [0.717, 1.165) is 42.8 Å². The zero-order valence-corrected chi connectivity index (χ0v) is 21.7. The maximum Gasteiger partial charge on any atom is 0.229 e. The smallest absolute Gasteiger partial charge is 0.229 e. The Balaban J connectivity index is 1.64. The van der Waals surface area contributed by atoms with E-state index in [2.05, 4.69) is 17.6 Å². The van der Waals surface area contributed by atoms with E-state index in [9.17, 15) is 19.8 Å². The summed E-state index contributed by atoms with van der Waals surface area (Å²) in [4.78, 5) is 33.5. The lowest BCUT2D eigenvalue weighted by Gasteiger charge is -2.58. The number of nitrogens with one attached hydrogen (secondary N) is 2. The third-order valence-electron chi connectivity index (χ3n) is 8.87. The molecular weight excluding hydrogens is 452 g/mol. The Morgan fingerprint density at radius 3 is 2.59 bits per heavy atom. The van der Waals surface area contributed by atoms with Gasteiger partial charge in [0, 0.05) is 41.6 Å². The molecule has 8 nitrogen and oxygen atoms in total. The van der Waals surface area contributed by atoms with Gasteiger partial charge >= 0.3 is 0 Å². The Kier molecular flexibility index (Phi) is 7.39. The number of nitrogens with zero attached hydrogens (tertiary/aromatic N) is 2. The molecule has 5 unspecified atom stereocenters. The van der Waals surface area contributed by atoms with Crippen molar-refractivity contribution in [1.29, 1.82) is 0 Å². The summed E-state index contributed by atoms with van der Waals surface area (Å²) in [6.45, 7) is 5.42. The highest BCUT2D eigenvalue weighted by molar-refractivity contribution is 7.15. The molecule has 190 valence electrons. The molecule has 0 aliphatic heterocycles. The van der Waals surface area contributed by atoms with Crippen molar-refractivity contribution >= 4 is 28.3 Å². The second-order valence-electron chi connectivity index (χ2n) is 11.3. The lowest BCUT2D eigenvalue weighted by molar-refractivity contribution is -0.144. The van der Waals surface area contributed by atoms with Crippen LogP contribution in [-0.2, 0) is 16.0 Å². The highest BCUT2D eigenvalue weighted by Crippen LogP contribution is 2.62. The van der Waals surface area contributed by atoms with Crippen molar-refractivity contribution in [3.8, 4) is 0 Å². The average Bonchev–Trinajstić information content (AvgIpc) is 3.13. The number of hydrogen-bond acceptors (Lipinski definition) is 7. The zero-order valence-electron chi connectivity index (χ0n) is 20.9. The Morgan fingerprint density at radius 1 is 1.24 bits per heavy atom. The molecule has 34 heavy (non-hydrogen) atoms. The van der Waals surface area contributed by atoms with Gasteiger partial charge in [-0.05, 0) is 57.5 Å². The predicted octanol–water partition coefficient (Wildman–Crippen LogP) is 2.37. The molecule has 0 radical (unpaired) electrons. The quantitative estimate of drug-likeness (QED) is 0.443. The summed E-state index contributed by atoms with van der Waals surface area (Å²) in [5, 5.41) is 27.9. The van der Waals surface area contributed by atoms with Crippen molar-refractivity contribution in [2.75, 3.05) is 39.1 Å². The number of thiazole rings is 1. The maximum absolute atomic E-state index is 13.0. The SMILES string of the molecule is CN(C)CCNC(=O)CC1c2nc(NC(=O)C3CCC3)sc2CC2C(C)(CO)C(O)CCC12C. The largest absolute Gasteiger partial charge is 0.396 e. The summed E-state index contributed by atoms with van der Waals surface area (Å²) < 4.78 is 0. The highest BCUT2D eigenvalue weighted by atomic mass is 32.1. The first-order valence-electron chi connectivity index (χ1n) is 12.6. The van der Waals surface area contributed by atoms with Crippen molar-refractivity contribution in [3.05, 3.63) is 10.6 Å². The zero-order chi connectivity index (χ0) is 24.7. The van der Waals surface area contributed by atoms with Crippen molar-refractivity contribution in [2.24, 2.45) is 22.7 Å². The number of amides is 2. The lowest BCUT2D eigenvalue weighted by Crippen LogP contribution is -2.57. The number of fused-ring (bicyclic) bond motifs is 2. The second kappa shape index (κ2) is 9.84. The minimum absolute atomic E-state index is 0.00967. The molecule has 3 aliphatic carbocycles. The van der Waals surface area contributed by atoms with E-state index in [1.807, 2.05) is 25.9 Å². The van der Waals surface area contributed by atoms with Crippen molar-refractivity contribution < 1.29 is 19.8 Å². The fourth-order valence-electron chi connectivity index (χ4n) is 6.25. The molecule has 9 heteroatoms. The van der Waals surface area contributed by atoms with Crippen LogP contribution >= 0.6 is 11.3 Å². The Hall–Kier alpha value is -1.55. The van der Waals surface area contributed by atoms with Crippen LogP contribution in [0, 0.1) is 22.7 Å². The molecule has 1 heterocycles. The molecule has 4 N–H and O–H groups in total. The van der Waals surface area contributed by atoms with Gasteiger partial charge in [0.15, 0.2) is 5.13 Å².